The Labute approximate surface area is 129 Å². The average Bonchev–Trinajstić information content (AvgIpc) is 2.40. The number of hydrogen-bond acceptors (Lipinski definition) is 2. The third kappa shape index (κ3) is 6.07. The molecule has 0 unspecified atom stereocenters. The largest absolute Gasteiger partial charge is 0.353 e. The number of hydrogen-bond donors (Lipinski definition) is 1. The van der Waals surface area contributed by atoms with Gasteiger partial charge in [0.15, 0.2) is 0 Å². The SMILES string of the molecule is CCC(CC)NC(=O)CSCc1ccc(Cl)c(Cl)c1. The van der Waals surface area contributed by atoms with Crippen molar-refractivity contribution in [1.82, 2.24) is 5.32 Å². The number of thioether (sulfide) groups is 1. The van der Waals surface area contributed by atoms with E-state index in [2.05, 4.69) is 19.2 Å². The molecule has 0 heterocycles. The van der Waals surface area contributed by atoms with Gasteiger partial charge in [-0.3, -0.25) is 4.79 Å². The van der Waals surface area contributed by atoms with Crippen LogP contribution in [0.15, 0.2) is 18.2 Å². The molecule has 106 valence electrons. The molecule has 2 nitrogen and oxygen atoms in total. The molecule has 0 aliphatic rings. The number of carbonyl (C=O) groups excluding carboxylic acids is 1. The first kappa shape index (κ1) is 16.7. The third-order valence-electron chi connectivity index (χ3n) is 2.84. The molecule has 19 heavy (non-hydrogen) atoms. The van der Waals surface area contributed by atoms with Crippen LogP contribution in [0.25, 0.3) is 0 Å². The fourth-order valence-corrected chi connectivity index (χ4v) is 2.76. The zero-order valence-corrected chi connectivity index (χ0v) is 13.5. The quantitative estimate of drug-likeness (QED) is 0.799. The monoisotopic (exact) mass is 319 g/mol. The van der Waals surface area contributed by atoms with Crippen LogP contribution < -0.4 is 5.32 Å². The standard InChI is InChI=1S/C14H19Cl2NOS/c1-3-11(4-2)17-14(18)9-19-8-10-5-6-12(15)13(16)7-10/h5-7,11H,3-4,8-9H2,1-2H3,(H,17,18). The van der Waals surface area contributed by atoms with E-state index in [1.54, 1.807) is 17.8 Å². The highest BCUT2D eigenvalue weighted by molar-refractivity contribution is 7.99. The maximum atomic E-state index is 11.7. The van der Waals surface area contributed by atoms with Crippen LogP contribution in [0, 0.1) is 0 Å². The van der Waals surface area contributed by atoms with E-state index in [0.717, 1.165) is 24.2 Å². The van der Waals surface area contributed by atoms with Crippen LogP contribution in [0.4, 0.5) is 0 Å². The molecular weight excluding hydrogens is 301 g/mol. The molecule has 0 aliphatic carbocycles. The summed E-state index contributed by atoms with van der Waals surface area (Å²) in [6.07, 6.45) is 1.94. The predicted octanol–water partition coefficient (Wildman–Crippen LogP) is 4.53. The summed E-state index contributed by atoms with van der Waals surface area (Å²) >= 11 is 13.4. The fraction of sp³-hybridized carbons (Fsp3) is 0.500. The van der Waals surface area contributed by atoms with Crippen LogP contribution in [0.5, 0.6) is 0 Å². The van der Waals surface area contributed by atoms with Crippen molar-refractivity contribution in [3.63, 3.8) is 0 Å². The van der Waals surface area contributed by atoms with E-state index >= 15 is 0 Å². The van der Waals surface area contributed by atoms with E-state index in [1.165, 1.54) is 0 Å². The zero-order valence-electron chi connectivity index (χ0n) is 11.2. The predicted molar refractivity (Wildman–Crippen MR) is 85.1 cm³/mol. The highest BCUT2D eigenvalue weighted by Crippen LogP contribution is 2.24. The molecule has 0 atom stereocenters. The van der Waals surface area contributed by atoms with E-state index in [-0.39, 0.29) is 11.9 Å². The highest BCUT2D eigenvalue weighted by atomic mass is 35.5. The van der Waals surface area contributed by atoms with Gasteiger partial charge in [0.05, 0.1) is 15.8 Å². The molecular formula is C14H19Cl2NOS. The van der Waals surface area contributed by atoms with Gasteiger partial charge in [-0.1, -0.05) is 43.1 Å². The summed E-state index contributed by atoms with van der Waals surface area (Å²) in [6, 6.07) is 5.85. The van der Waals surface area contributed by atoms with Gasteiger partial charge in [-0.25, -0.2) is 0 Å². The highest BCUT2D eigenvalue weighted by Gasteiger charge is 2.08. The van der Waals surface area contributed by atoms with Crippen LogP contribution in [-0.4, -0.2) is 17.7 Å². The molecule has 5 heteroatoms. The van der Waals surface area contributed by atoms with E-state index in [9.17, 15) is 4.79 Å². The van der Waals surface area contributed by atoms with Crippen LogP contribution in [-0.2, 0) is 10.5 Å². The van der Waals surface area contributed by atoms with E-state index in [4.69, 9.17) is 23.2 Å². The van der Waals surface area contributed by atoms with Gasteiger partial charge in [-0.15, -0.1) is 11.8 Å². The van der Waals surface area contributed by atoms with Gasteiger partial charge < -0.3 is 5.32 Å². The summed E-state index contributed by atoms with van der Waals surface area (Å²) < 4.78 is 0. The van der Waals surface area contributed by atoms with Crippen LogP contribution in [0.3, 0.4) is 0 Å². The Bertz CT molecular complexity index is 422. The van der Waals surface area contributed by atoms with Gasteiger partial charge in [0.25, 0.3) is 0 Å². The summed E-state index contributed by atoms with van der Waals surface area (Å²) in [4.78, 5) is 11.7. The Kier molecular flexibility index (Phi) is 7.66. The topological polar surface area (TPSA) is 29.1 Å². The second-order valence-electron chi connectivity index (χ2n) is 4.32. The van der Waals surface area contributed by atoms with Gasteiger partial charge in [0.2, 0.25) is 5.91 Å². The Morgan fingerprint density at radius 3 is 2.53 bits per heavy atom. The molecule has 1 rings (SSSR count). The van der Waals surface area contributed by atoms with Crippen LogP contribution >= 0.6 is 35.0 Å². The first-order chi connectivity index (χ1) is 9.06. The summed E-state index contributed by atoms with van der Waals surface area (Å²) in [5, 5.41) is 4.13. The molecule has 0 bridgehead atoms. The lowest BCUT2D eigenvalue weighted by Gasteiger charge is -2.14. The zero-order chi connectivity index (χ0) is 14.3. The van der Waals surface area contributed by atoms with Crippen LogP contribution in [0.2, 0.25) is 10.0 Å². The maximum absolute atomic E-state index is 11.7. The van der Waals surface area contributed by atoms with E-state index < -0.39 is 0 Å². The average molecular weight is 320 g/mol. The molecule has 1 aromatic rings. The molecule has 0 aromatic heterocycles. The molecule has 1 N–H and O–H groups in total. The van der Waals surface area contributed by atoms with Gasteiger partial charge in [0.1, 0.15) is 0 Å². The molecule has 0 radical (unpaired) electrons. The lowest BCUT2D eigenvalue weighted by molar-refractivity contribution is -0.119. The van der Waals surface area contributed by atoms with Crippen molar-refractivity contribution in [2.24, 2.45) is 0 Å². The van der Waals surface area contributed by atoms with Crippen molar-refractivity contribution in [2.45, 2.75) is 38.5 Å². The third-order valence-corrected chi connectivity index (χ3v) is 4.58. The normalized spacial score (nSPS) is 10.8. The van der Waals surface area contributed by atoms with E-state index in [0.29, 0.717) is 15.8 Å². The molecule has 0 saturated heterocycles. The number of benzene rings is 1. The minimum atomic E-state index is 0.0961. The number of carbonyl (C=O) groups is 1. The molecule has 0 saturated carbocycles. The maximum Gasteiger partial charge on any atom is 0.230 e. The molecule has 0 fully saturated rings. The summed E-state index contributed by atoms with van der Waals surface area (Å²) in [5.74, 6) is 1.32. The van der Waals surface area contributed by atoms with Crippen molar-refractivity contribution in [2.75, 3.05) is 5.75 Å². The fourth-order valence-electron chi connectivity index (χ4n) is 1.65. The minimum absolute atomic E-state index is 0.0961. The van der Waals surface area contributed by atoms with Crippen molar-refractivity contribution < 1.29 is 4.79 Å². The summed E-state index contributed by atoms with van der Waals surface area (Å²) in [7, 11) is 0. The van der Waals surface area contributed by atoms with Gasteiger partial charge in [-0.05, 0) is 30.5 Å². The number of amides is 1. The first-order valence-corrected chi connectivity index (χ1v) is 8.28. The summed E-state index contributed by atoms with van der Waals surface area (Å²) in [6.45, 7) is 4.16. The Morgan fingerprint density at radius 2 is 1.95 bits per heavy atom. The number of nitrogens with one attached hydrogen (secondary N) is 1. The minimum Gasteiger partial charge on any atom is -0.353 e. The lowest BCUT2D eigenvalue weighted by atomic mass is 10.2. The summed E-state index contributed by atoms with van der Waals surface area (Å²) in [5.41, 5.74) is 1.08. The molecule has 0 spiro atoms. The van der Waals surface area contributed by atoms with Gasteiger partial charge >= 0.3 is 0 Å². The van der Waals surface area contributed by atoms with Gasteiger partial charge in [0, 0.05) is 11.8 Å². The number of halogens is 2. The van der Waals surface area contributed by atoms with E-state index in [1.807, 2.05) is 12.1 Å². The Hall–Kier alpha value is -0.380. The smallest absolute Gasteiger partial charge is 0.230 e. The molecule has 1 amide bonds. The van der Waals surface area contributed by atoms with Crippen molar-refractivity contribution in [3.8, 4) is 0 Å². The molecule has 0 aliphatic heterocycles. The molecule has 1 aromatic carbocycles. The second kappa shape index (κ2) is 8.72. The first-order valence-electron chi connectivity index (χ1n) is 6.37. The Morgan fingerprint density at radius 1 is 1.26 bits per heavy atom. The second-order valence-corrected chi connectivity index (χ2v) is 6.12. The van der Waals surface area contributed by atoms with Crippen molar-refractivity contribution in [1.29, 1.82) is 0 Å². The van der Waals surface area contributed by atoms with Crippen molar-refractivity contribution >= 4 is 40.9 Å². The lowest BCUT2D eigenvalue weighted by Crippen LogP contribution is -2.35. The Balaban J connectivity index is 2.33. The number of rotatable bonds is 7. The van der Waals surface area contributed by atoms with Crippen LogP contribution in [0.1, 0.15) is 32.3 Å². The van der Waals surface area contributed by atoms with Crippen molar-refractivity contribution in [3.05, 3.63) is 33.8 Å². The van der Waals surface area contributed by atoms with Gasteiger partial charge in [-0.2, -0.15) is 0 Å².